The van der Waals surface area contributed by atoms with E-state index in [1.807, 2.05) is 12.1 Å². The number of anilines is 1. The lowest BCUT2D eigenvalue weighted by Gasteiger charge is -2.23. The fourth-order valence-corrected chi connectivity index (χ4v) is 2.31. The highest BCUT2D eigenvalue weighted by Crippen LogP contribution is 2.20. The lowest BCUT2D eigenvalue weighted by molar-refractivity contribution is -0.138. The number of halogens is 1. The highest BCUT2D eigenvalue weighted by Gasteiger charge is 2.35. The molecule has 2 N–H and O–H groups in total. The van der Waals surface area contributed by atoms with E-state index < -0.39 is 11.3 Å². The van der Waals surface area contributed by atoms with E-state index in [1.54, 1.807) is 50.2 Å². The molecule has 0 aliphatic heterocycles. The largest absolute Gasteiger partial charge is 0.351 e. The fraction of sp³-hybridized carbons (Fsp3) is 0.250. The number of carbonyl (C=O) groups excluding carboxylic acids is 3. The van der Waals surface area contributed by atoms with Crippen LogP contribution in [-0.2, 0) is 16.1 Å². The van der Waals surface area contributed by atoms with Gasteiger partial charge in [-0.1, -0.05) is 23.7 Å². The van der Waals surface area contributed by atoms with E-state index in [-0.39, 0.29) is 11.7 Å². The van der Waals surface area contributed by atoms with E-state index in [9.17, 15) is 14.4 Å². The predicted octanol–water partition coefficient (Wildman–Crippen LogP) is 3.82. The quantitative estimate of drug-likeness (QED) is 0.597. The van der Waals surface area contributed by atoms with Crippen molar-refractivity contribution in [2.45, 2.75) is 27.3 Å². The third-order valence-corrected chi connectivity index (χ3v) is 4.30. The van der Waals surface area contributed by atoms with Gasteiger partial charge in [-0.05, 0) is 62.7 Å². The molecule has 0 saturated heterocycles. The number of Topliss-reactive ketones (excluding diaryl/α,β-unsaturated/α-hetero) is 1. The minimum absolute atomic E-state index is 0.0511. The van der Waals surface area contributed by atoms with Crippen LogP contribution in [0.4, 0.5) is 5.69 Å². The van der Waals surface area contributed by atoms with Gasteiger partial charge in [-0.15, -0.1) is 0 Å². The van der Waals surface area contributed by atoms with Crippen molar-refractivity contribution in [2.75, 3.05) is 5.32 Å². The van der Waals surface area contributed by atoms with Gasteiger partial charge in [0.25, 0.3) is 0 Å². The average molecular weight is 373 g/mol. The number of hydrogen-bond donors (Lipinski definition) is 2. The van der Waals surface area contributed by atoms with Crippen molar-refractivity contribution < 1.29 is 14.4 Å². The van der Waals surface area contributed by atoms with Gasteiger partial charge in [0.2, 0.25) is 11.8 Å². The van der Waals surface area contributed by atoms with Crippen LogP contribution < -0.4 is 10.6 Å². The average Bonchev–Trinajstić information content (AvgIpc) is 2.61. The molecule has 0 aliphatic carbocycles. The molecule has 2 amide bonds. The van der Waals surface area contributed by atoms with Crippen LogP contribution in [0.15, 0.2) is 48.5 Å². The molecule has 2 aromatic rings. The Hall–Kier alpha value is -2.66. The first-order chi connectivity index (χ1) is 12.2. The standard InChI is InChI=1S/C20H21ClN2O3/c1-13(24)15-6-10-17(11-7-15)23-19(26)20(2,3)18(25)22-12-14-4-8-16(21)9-5-14/h4-11H,12H2,1-3H3,(H,22,25)(H,23,26). The van der Waals surface area contributed by atoms with Gasteiger partial charge in [-0.25, -0.2) is 0 Å². The highest BCUT2D eigenvalue weighted by molar-refractivity contribution is 6.30. The Balaban J connectivity index is 1.97. The van der Waals surface area contributed by atoms with Crippen molar-refractivity contribution in [3.05, 3.63) is 64.7 Å². The summed E-state index contributed by atoms with van der Waals surface area (Å²) in [5.41, 5.74) is 0.714. The molecule has 136 valence electrons. The Kier molecular flexibility index (Phi) is 6.16. The van der Waals surface area contributed by atoms with Crippen molar-refractivity contribution in [1.29, 1.82) is 0 Å². The van der Waals surface area contributed by atoms with Gasteiger partial charge in [0.15, 0.2) is 5.78 Å². The molecule has 0 saturated carbocycles. The van der Waals surface area contributed by atoms with Crippen molar-refractivity contribution in [2.24, 2.45) is 5.41 Å². The summed E-state index contributed by atoms with van der Waals surface area (Å²) in [5.74, 6) is -0.864. The first-order valence-corrected chi connectivity index (χ1v) is 8.53. The zero-order valence-electron chi connectivity index (χ0n) is 14.9. The first kappa shape index (κ1) is 19.7. The zero-order valence-corrected chi connectivity index (χ0v) is 15.7. The molecule has 0 spiro atoms. The minimum atomic E-state index is -1.26. The summed E-state index contributed by atoms with van der Waals surface area (Å²) in [5, 5.41) is 6.09. The van der Waals surface area contributed by atoms with Gasteiger partial charge in [-0.3, -0.25) is 14.4 Å². The third-order valence-electron chi connectivity index (χ3n) is 4.05. The Morgan fingerprint density at radius 3 is 2.04 bits per heavy atom. The van der Waals surface area contributed by atoms with Crippen LogP contribution in [0.3, 0.4) is 0 Å². The Morgan fingerprint density at radius 1 is 0.923 bits per heavy atom. The van der Waals surface area contributed by atoms with Gasteiger partial charge >= 0.3 is 0 Å². The normalized spacial score (nSPS) is 10.9. The lowest BCUT2D eigenvalue weighted by Crippen LogP contribution is -2.44. The van der Waals surface area contributed by atoms with Crippen LogP contribution in [0.25, 0.3) is 0 Å². The number of ketones is 1. The van der Waals surface area contributed by atoms with Crippen LogP contribution in [0.5, 0.6) is 0 Å². The van der Waals surface area contributed by atoms with Crippen LogP contribution in [-0.4, -0.2) is 17.6 Å². The van der Waals surface area contributed by atoms with Gasteiger partial charge in [0.05, 0.1) is 0 Å². The second kappa shape index (κ2) is 8.15. The lowest BCUT2D eigenvalue weighted by atomic mass is 9.90. The molecular formula is C20H21ClN2O3. The summed E-state index contributed by atoms with van der Waals surface area (Å²) in [6, 6.07) is 13.6. The van der Waals surface area contributed by atoms with Crippen molar-refractivity contribution in [3.8, 4) is 0 Å². The topological polar surface area (TPSA) is 75.3 Å². The van der Waals surface area contributed by atoms with Crippen LogP contribution >= 0.6 is 11.6 Å². The van der Waals surface area contributed by atoms with E-state index in [4.69, 9.17) is 11.6 Å². The molecule has 0 aromatic heterocycles. The van der Waals surface area contributed by atoms with Crippen molar-refractivity contribution in [1.82, 2.24) is 5.32 Å². The van der Waals surface area contributed by atoms with Crippen LogP contribution in [0.1, 0.15) is 36.7 Å². The van der Waals surface area contributed by atoms with Gasteiger partial charge < -0.3 is 10.6 Å². The Bertz CT molecular complexity index is 812. The second-order valence-electron chi connectivity index (χ2n) is 6.52. The minimum Gasteiger partial charge on any atom is -0.351 e. The van der Waals surface area contributed by atoms with E-state index >= 15 is 0 Å². The SMILES string of the molecule is CC(=O)c1ccc(NC(=O)C(C)(C)C(=O)NCc2ccc(Cl)cc2)cc1. The van der Waals surface area contributed by atoms with E-state index in [2.05, 4.69) is 10.6 Å². The summed E-state index contributed by atoms with van der Waals surface area (Å²) in [6.45, 7) is 4.90. The molecule has 2 aromatic carbocycles. The molecule has 2 rings (SSSR count). The van der Waals surface area contributed by atoms with E-state index in [0.717, 1.165) is 5.56 Å². The number of rotatable bonds is 6. The van der Waals surface area contributed by atoms with Gasteiger partial charge in [0, 0.05) is 22.8 Å². The Morgan fingerprint density at radius 2 is 1.50 bits per heavy atom. The maximum Gasteiger partial charge on any atom is 0.239 e. The van der Waals surface area contributed by atoms with Crippen LogP contribution in [0, 0.1) is 5.41 Å². The molecule has 0 bridgehead atoms. The summed E-state index contributed by atoms with van der Waals surface area (Å²) < 4.78 is 0. The predicted molar refractivity (Wildman–Crippen MR) is 102 cm³/mol. The number of benzene rings is 2. The number of hydrogen-bond acceptors (Lipinski definition) is 3. The fourth-order valence-electron chi connectivity index (χ4n) is 2.18. The molecular weight excluding hydrogens is 352 g/mol. The van der Waals surface area contributed by atoms with Crippen molar-refractivity contribution >= 4 is 34.9 Å². The van der Waals surface area contributed by atoms with E-state index in [0.29, 0.717) is 22.8 Å². The smallest absolute Gasteiger partial charge is 0.239 e. The van der Waals surface area contributed by atoms with Crippen molar-refractivity contribution in [3.63, 3.8) is 0 Å². The number of amides is 2. The number of carbonyl (C=O) groups is 3. The monoisotopic (exact) mass is 372 g/mol. The van der Waals surface area contributed by atoms with Gasteiger partial charge in [-0.2, -0.15) is 0 Å². The molecule has 26 heavy (non-hydrogen) atoms. The zero-order chi connectivity index (χ0) is 19.3. The molecule has 5 nitrogen and oxygen atoms in total. The molecule has 6 heteroatoms. The third kappa shape index (κ3) is 4.92. The highest BCUT2D eigenvalue weighted by atomic mass is 35.5. The summed E-state index contributed by atoms with van der Waals surface area (Å²) >= 11 is 5.83. The molecule has 0 radical (unpaired) electrons. The second-order valence-corrected chi connectivity index (χ2v) is 6.96. The maximum absolute atomic E-state index is 12.5. The first-order valence-electron chi connectivity index (χ1n) is 8.15. The van der Waals surface area contributed by atoms with E-state index in [1.165, 1.54) is 6.92 Å². The van der Waals surface area contributed by atoms with Crippen LogP contribution in [0.2, 0.25) is 5.02 Å². The maximum atomic E-state index is 12.5. The molecule has 0 unspecified atom stereocenters. The summed E-state index contributed by atoms with van der Waals surface area (Å²) in [6.07, 6.45) is 0. The molecule has 0 heterocycles. The molecule has 0 atom stereocenters. The number of nitrogens with one attached hydrogen (secondary N) is 2. The Labute approximate surface area is 157 Å². The summed E-state index contributed by atoms with van der Waals surface area (Å²) in [7, 11) is 0. The van der Waals surface area contributed by atoms with Gasteiger partial charge in [0.1, 0.15) is 5.41 Å². The molecule has 0 fully saturated rings. The molecule has 0 aliphatic rings. The summed E-state index contributed by atoms with van der Waals surface area (Å²) in [4.78, 5) is 36.2.